The molecule has 2 heterocycles. The highest BCUT2D eigenvalue weighted by Crippen LogP contribution is 2.40. The predicted molar refractivity (Wildman–Crippen MR) is 94.2 cm³/mol. The second-order valence-corrected chi connectivity index (χ2v) is 7.45. The first-order valence-corrected chi connectivity index (χ1v) is 9.51. The third-order valence-corrected chi connectivity index (χ3v) is 5.64. The average molecular weight is 394 g/mol. The normalized spacial score (nSPS) is 23.5. The van der Waals surface area contributed by atoms with Gasteiger partial charge in [-0.05, 0) is 30.5 Å². The van der Waals surface area contributed by atoms with Crippen LogP contribution in [-0.2, 0) is 25.7 Å². The first-order chi connectivity index (χ1) is 13.0. The van der Waals surface area contributed by atoms with Gasteiger partial charge in [0.2, 0.25) is 18.6 Å². The molecule has 0 N–H and O–H groups in total. The Hall–Kier alpha value is -2.28. The summed E-state index contributed by atoms with van der Waals surface area (Å²) in [6.07, 6.45) is 3.47. The van der Waals surface area contributed by atoms with E-state index in [0.29, 0.717) is 22.1 Å². The second kappa shape index (κ2) is 7.38. The van der Waals surface area contributed by atoms with Crippen LogP contribution in [0, 0.1) is 11.8 Å². The van der Waals surface area contributed by atoms with Crippen LogP contribution in [0.4, 0.5) is 0 Å². The van der Waals surface area contributed by atoms with Gasteiger partial charge >= 0.3 is 5.97 Å². The lowest BCUT2D eigenvalue weighted by Gasteiger charge is -2.19. The quantitative estimate of drug-likeness (QED) is 0.565. The molecule has 1 saturated carbocycles. The van der Waals surface area contributed by atoms with Crippen molar-refractivity contribution < 1.29 is 28.6 Å². The summed E-state index contributed by atoms with van der Waals surface area (Å²) >= 11 is 6.10. The van der Waals surface area contributed by atoms with E-state index in [0.717, 1.165) is 25.7 Å². The topological polar surface area (TPSA) is 82.1 Å². The van der Waals surface area contributed by atoms with Crippen LogP contribution in [0.15, 0.2) is 12.1 Å². The van der Waals surface area contributed by atoms with Gasteiger partial charge < -0.3 is 14.2 Å². The molecular weight excluding hydrogens is 374 g/mol. The molecule has 2 fully saturated rings. The van der Waals surface area contributed by atoms with Gasteiger partial charge in [-0.15, -0.1) is 0 Å². The number of carbonyl (C=O) groups is 3. The summed E-state index contributed by atoms with van der Waals surface area (Å²) in [5.41, 5.74) is 0.678. The van der Waals surface area contributed by atoms with Crippen molar-refractivity contribution in [3.05, 3.63) is 22.7 Å². The Bertz CT molecular complexity index is 771. The van der Waals surface area contributed by atoms with Crippen LogP contribution in [0.25, 0.3) is 0 Å². The maximum atomic E-state index is 12.4. The SMILES string of the molecule is O=C(CCN1C(=O)[C@@H]2CCCC[C@H]2C1=O)OCc1cc(Cl)c2c(c1)OCO2. The summed E-state index contributed by atoms with van der Waals surface area (Å²) in [5.74, 6) is -0.140. The van der Waals surface area contributed by atoms with Crippen LogP contribution in [-0.4, -0.2) is 36.0 Å². The molecule has 144 valence electrons. The zero-order valence-corrected chi connectivity index (χ0v) is 15.5. The first-order valence-electron chi connectivity index (χ1n) is 9.13. The van der Waals surface area contributed by atoms with Gasteiger partial charge in [0.25, 0.3) is 0 Å². The van der Waals surface area contributed by atoms with Crippen LogP contribution >= 0.6 is 11.6 Å². The number of ether oxygens (including phenoxy) is 3. The van der Waals surface area contributed by atoms with Gasteiger partial charge in [-0.25, -0.2) is 0 Å². The molecule has 7 nitrogen and oxygen atoms in total. The van der Waals surface area contributed by atoms with Crippen LogP contribution in [0.3, 0.4) is 0 Å². The fourth-order valence-electron chi connectivity index (χ4n) is 3.99. The van der Waals surface area contributed by atoms with Crippen molar-refractivity contribution in [1.29, 1.82) is 0 Å². The van der Waals surface area contributed by atoms with Crippen LogP contribution in [0.5, 0.6) is 11.5 Å². The standard InChI is InChI=1S/C19H20ClNO6/c20-14-7-11(8-15-17(14)27-10-26-15)9-25-16(22)5-6-21-18(23)12-3-1-2-4-13(12)19(21)24/h7-8,12-13H,1-6,9-10H2/t12-,13-/m1/s1. The van der Waals surface area contributed by atoms with Gasteiger partial charge in [-0.1, -0.05) is 24.4 Å². The molecule has 1 aromatic carbocycles. The number of likely N-dealkylation sites (tertiary alicyclic amines) is 1. The molecule has 3 aliphatic rings. The van der Waals surface area contributed by atoms with Gasteiger partial charge in [-0.2, -0.15) is 0 Å². The number of halogens is 1. The van der Waals surface area contributed by atoms with E-state index in [1.165, 1.54) is 4.90 Å². The van der Waals surface area contributed by atoms with Gasteiger partial charge in [-0.3, -0.25) is 19.3 Å². The van der Waals surface area contributed by atoms with Crippen molar-refractivity contribution in [2.24, 2.45) is 11.8 Å². The zero-order valence-electron chi connectivity index (χ0n) is 14.7. The molecule has 0 bridgehead atoms. The third-order valence-electron chi connectivity index (χ3n) is 5.36. The molecular formula is C19H20ClNO6. The average Bonchev–Trinajstić information content (AvgIpc) is 3.23. The minimum atomic E-state index is -0.473. The Labute approximate surface area is 161 Å². The molecule has 4 rings (SSSR count). The van der Waals surface area contributed by atoms with E-state index in [4.69, 9.17) is 25.8 Å². The van der Waals surface area contributed by atoms with Gasteiger partial charge in [0, 0.05) is 6.54 Å². The molecule has 27 heavy (non-hydrogen) atoms. The predicted octanol–water partition coefficient (Wildman–Crippen LogP) is 2.68. The Morgan fingerprint density at radius 2 is 1.85 bits per heavy atom. The molecule has 8 heteroatoms. The summed E-state index contributed by atoms with van der Waals surface area (Å²) in [7, 11) is 0. The van der Waals surface area contributed by atoms with Gasteiger partial charge in [0.05, 0.1) is 23.3 Å². The van der Waals surface area contributed by atoms with E-state index in [-0.39, 0.29) is 50.0 Å². The Balaban J connectivity index is 1.30. The molecule has 0 radical (unpaired) electrons. The first kappa shape index (κ1) is 18.1. The lowest BCUT2D eigenvalue weighted by molar-refractivity contribution is -0.146. The Morgan fingerprint density at radius 3 is 2.56 bits per heavy atom. The molecule has 1 aliphatic carbocycles. The number of amides is 2. The number of carbonyl (C=O) groups excluding carboxylic acids is 3. The highest BCUT2D eigenvalue weighted by atomic mass is 35.5. The molecule has 0 unspecified atom stereocenters. The zero-order chi connectivity index (χ0) is 19.0. The maximum absolute atomic E-state index is 12.4. The van der Waals surface area contributed by atoms with E-state index < -0.39 is 5.97 Å². The van der Waals surface area contributed by atoms with Crippen molar-refractivity contribution in [3.8, 4) is 11.5 Å². The number of hydrogen-bond donors (Lipinski definition) is 0. The minimum absolute atomic E-state index is 0.0186. The van der Waals surface area contributed by atoms with Gasteiger partial charge in [0.1, 0.15) is 6.61 Å². The molecule has 2 amide bonds. The lowest BCUT2D eigenvalue weighted by atomic mass is 9.81. The molecule has 2 aliphatic heterocycles. The number of fused-ring (bicyclic) bond motifs is 2. The summed E-state index contributed by atoms with van der Waals surface area (Å²) in [4.78, 5) is 38.1. The van der Waals surface area contributed by atoms with Crippen LogP contribution < -0.4 is 9.47 Å². The van der Waals surface area contributed by atoms with Crippen molar-refractivity contribution in [2.45, 2.75) is 38.7 Å². The van der Waals surface area contributed by atoms with Crippen molar-refractivity contribution in [1.82, 2.24) is 4.90 Å². The summed E-state index contributed by atoms with van der Waals surface area (Å²) in [5, 5.41) is 0.395. The highest BCUT2D eigenvalue weighted by molar-refractivity contribution is 6.32. The van der Waals surface area contributed by atoms with Crippen molar-refractivity contribution >= 4 is 29.4 Å². The van der Waals surface area contributed by atoms with E-state index in [1.807, 2.05) is 0 Å². The summed E-state index contributed by atoms with van der Waals surface area (Å²) in [6.45, 7) is 0.214. The van der Waals surface area contributed by atoms with Gasteiger partial charge in [0.15, 0.2) is 11.5 Å². The number of imide groups is 1. The molecule has 2 atom stereocenters. The second-order valence-electron chi connectivity index (χ2n) is 7.05. The fraction of sp³-hybridized carbons (Fsp3) is 0.526. The van der Waals surface area contributed by atoms with Crippen molar-refractivity contribution in [3.63, 3.8) is 0 Å². The molecule has 1 saturated heterocycles. The number of benzene rings is 1. The Morgan fingerprint density at radius 1 is 1.15 bits per heavy atom. The van der Waals surface area contributed by atoms with Crippen LogP contribution in [0.1, 0.15) is 37.7 Å². The largest absolute Gasteiger partial charge is 0.461 e. The maximum Gasteiger partial charge on any atom is 0.307 e. The third kappa shape index (κ3) is 3.48. The van der Waals surface area contributed by atoms with E-state index in [9.17, 15) is 14.4 Å². The lowest BCUT2D eigenvalue weighted by Crippen LogP contribution is -2.33. The number of esters is 1. The molecule has 0 spiro atoms. The van der Waals surface area contributed by atoms with Crippen LogP contribution in [0.2, 0.25) is 5.02 Å². The number of rotatable bonds is 5. The fourth-order valence-corrected chi connectivity index (χ4v) is 4.28. The highest BCUT2D eigenvalue weighted by Gasteiger charge is 2.47. The van der Waals surface area contributed by atoms with E-state index >= 15 is 0 Å². The van der Waals surface area contributed by atoms with E-state index in [1.54, 1.807) is 12.1 Å². The monoisotopic (exact) mass is 393 g/mol. The summed E-state index contributed by atoms with van der Waals surface area (Å²) < 4.78 is 15.8. The Kier molecular flexibility index (Phi) is 4.95. The minimum Gasteiger partial charge on any atom is -0.461 e. The number of hydrogen-bond acceptors (Lipinski definition) is 6. The molecule has 1 aromatic rings. The number of nitrogens with zero attached hydrogens (tertiary/aromatic N) is 1. The molecule has 0 aromatic heterocycles. The smallest absolute Gasteiger partial charge is 0.307 e. The summed E-state index contributed by atoms with van der Waals surface area (Å²) in [6, 6.07) is 3.36. The van der Waals surface area contributed by atoms with Crippen molar-refractivity contribution in [2.75, 3.05) is 13.3 Å². The van der Waals surface area contributed by atoms with E-state index in [2.05, 4.69) is 0 Å².